The van der Waals surface area contributed by atoms with Gasteiger partial charge in [-0.05, 0) is 26.8 Å². The molecule has 22 heavy (non-hydrogen) atoms. The molecule has 2 aromatic rings. The van der Waals surface area contributed by atoms with Crippen LogP contribution in [0.3, 0.4) is 0 Å². The van der Waals surface area contributed by atoms with Crippen molar-refractivity contribution in [2.45, 2.75) is 5.41 Å². The number of ketones is 1. The summed E-state index contributed by atoms with van der Waals surface area (Å²) in [5.41, 5.74) is 1.80. The van der Waals surface area contributed by atoms with Gasteiger partial charge in [0.25, 0.3) is 0 Å². The number of rotatable bonds is 6. The maximum absolute atomic E-state index is 12.6. The second-order valence-corrected chi connectivity index (χ2v) is 5.05. The Bertz CT molecular complexity index is 681. The van der Waals surface area contributed by atoms with Gasteiger partial charge in [0.05, 0.1) is 0 Å². The molecule has 111 valence electrons. The molecular formula is C17H12FO4. The van der Waals surface area contributed by atoms with Gasteiger partial charge in [-0.2, -0.15) is 4.94 Å². The van der Waals surface area contributed by atoms with Crippen molar-refractivity contribution in [2.24, 2.45) is 0 Å². The van der Waals surface area contributed by atoms with E-state index in [0.717, 1.165) is 11.1 Å². The van der Waals surface area contributed by atoms with Crippen LogP contribution in [-0.2, 0) is 24.7 Å². The molecular weight excluding hydrogens is 287 g/mol. The minimum atomic E-state index is -1.27. The zero-order valence-corrected chi connectivity index (χ0v) is 11.5. The lowest BCUT2D eigenvalue weighted by Crippen LogP contribution is -2.42. The summed E-state index contributed by atoms with van der Waals surface area (Å²) in [6, 6.07) is 14.6. The number of fused-ring (bicyclic) bond motifs is 3. The molecule has 0 fully saturated rings. The molecule has 2 aromatic carbocycles. The Morgan fingerprint density at radius 1 is 1.05 bits per heavy atom. The van der Waals surface area contributed by atoms with Crippen LogP contribution in [0.25, 0.3) is 11.1 Å². The highest BCUT2D eigenvalue weighted by molar-refractivity contribution is 6.02. The summed E-state index contributed by atoms with van der Waals surface area (Å²) in [7, 11) is 0. The second-order valence-electron chi connectivity index (χ2n) is 5.05. The van der Waals surface area contributed by atoms with Gasteiger partial charge in [-0.3, -0.25) is 4.79 Å². The quantitative estimate of drug-likeness (QED) is 0.822. The van der Waals surface area contributed by atoms with Gasteiger partial charge in [-0.1, -0.05) is 48.5 Å². The number of benzene rings is 2. The molecule has 0 N–H and O–H groups in total. The summed E-state index contributed by atoms with van der Waals surface area (Å²) >= 11 is 0. The minimum Gasteiger partial charge on any atom is -0.455 e. The van der Waals surface area contributed by atoms with Crippen LogP contribution in [0.15, 0.2) is 48.5 Å². The van der Waals surface area contributed by atoms with Crippen LogP contribution in [0.5, 0.6) is 0 Å². The lowest BCUT2D eigenvalue weighted by atomic mass is 9.75. The number of halogens is 1. The van der Waals surface area contributed by atoms with Crippen molar-refractivity contribution in [1.29, 1.82) is 0 Å². The number of hydrogen-bond acceptors (Lipinski definition) is 4. The van der Waals surface area contributed by atoms with E-state index in [9.17, 15) is 14.1 Å². The second kappa shape index (κ2) is 5.69. The van der Waals surface area contributed by atoms with Crippen molar-refractivity contribution >= 4 is 12.3 Å². The van der Waals surface area contributed by atoms with Crippen LogP contribution in [0.2, 0.25) is 0 Å². The lowest BCUT2D eigenvalue weighted by molar-refractivity contribution is -0.158. The van der Waals surface area contributed by atoms with E-state index in [1.807, 2.05) is 24.3 Å². The van der Waals surface area contributed by atoms with Gasteiger partial charge in [0.2, 0.25) is 0 Å². The number of hydrogen-bond donors (Lipinski definition) is 0. The van der Waals surface area contributed by atoms with E-state index in [1.165, 1.54) is 6.47 Å². The standard InChI is InChI=1S/C17H12FO4/c18-22-9-16(20)17(10-21-11-19)14-7-3-1-5-12(14)13-6-2-4-8-15(13)17/h1-8H,9-10H2. The lowest BCUT2D eigenvalue weighted by Gasteiger charge is -2.28. The number of carbonyl (C=O) groups is 1. The Balaban J connectivity index is 2.27. The average molecular weight is 299 g/mol. The molecule has 0 amide bonds. The molecule has 5 heteroatoms. The smallest absolute Gasteiger partial charge is 0.417 e. The molecule has 0 unspecified atom stereocenters. The average Bonchev–Trinajstić information content (AvgIpc) is 2.85. The topological polar surface area (TPSA) is 52.6 Å². The Kier molecular flexibility index (Phi) is 3.73. The number of Topliss-reactive ketones (excluding diaryl/α,β-unsaturated/α-hetero) is 1. The van der Waals surface area contributed by atoms with Crippen molar-refractivity contribution < 1.29 is 23.8 Å². The van der Waals surface area contributed by atoms with Crippen LogP contribution in [0.1, 0.15) is 11.1 Å². The third kappa shape index (κ3) is 1.94. The van der Waals surface area contributed by atoms with Crippen LogP contribution < -0.4 is 0 Å². The minimum absolute atomic E-state index is 0.243. The highest BCUT2D eigenvalue weighted by atomic mass is 19.3. The molecule has 0 spiro atoms. The number of ether oxygens (including phenoxy) is 1. The summed E-state index contributed by atoms with van der Waals surface area (Å²) in [6.07, 6.45) is 0. The Morgan fingerprint density at radius 2 is 1.59 bits per heavy atom. The first-order chi connectivity index (χ1) is 10.8. The van der Waals surface area contributed by atoms with E-state index < -0.39 is 17.8 Å². The maximum Gasteiger partial charge on any atom is 0.417 e. The molecule has 0 aromatic heterocycles. The van der Waals surface area contributed by atoms with Crippen LogP contribution >= 0.6 is 0 Å². The van der Waals surface area contributed by atoms with Gasteiger partial charge in [-0.15, -0.1) is 0 Å². The first-order valence-electron chi connectivity index (χ1n) is 6.71. The third-order valence-electron chi connectivity index (χ3n) is 4.07. The van der Waals surface area contributed by atoms with Gasteiger partial charge in [0, 0.05) is 0 Å². The van der Waals surface area contributed by atoms with E-state index in [1.54, 1.807) is 24.3 Å². The fraction of sp³-hybridized carbons (Fsp3) is 0.176. The van der Waals surface area contributed by atoms with E-state index in [-0.39, 0.29) is 6.61 Å². The van der Waals surface area contributed by atoms with Gasteiger partial charge < -0.3 is 4.74 Å². The van der Waals surface area contributed by atoms with Crippen LogP contribution in [-0.4, -0.2) is 25.5 Å². The first kappa shape index (κ1) is 14.4. The monoisotopic (exact) mass is 299 g/mol. The van der Waals surface area contributed by atoms with Crippen molar-refractivity contribution in [3.63, 3.8) is 0 Å². The molecule has 0 heterocycles. The fourth-order valence-corrected chi connectivity index (χ4v) is 3.17. The van der Waals surface area contributed by atoms with Gasteiger partial charge in [0.15, 0.2) is 5.78 Å². The predicted molar refractivity (Wildman–Crippen MR) is 76.4 cm³/mol. The first-order valence-corrected chi connectivity index (χ1v) is 6.71. The number of carbonyl (C=O) groups excluding carboxylic acids is 2. The molecule has 0 atom stereocenters. The summed E-state index contributed by atoms with van der Waals surface area (Å²) in [4.78, 5) is 26.7. The van der Waals surface area contributed by atoms with Gasteiger partial charge in [-0.25, -0.2) is 4.79 Å². The van der Waals surface area contributed by atoms with Crippen molar-refractivity contribution in [3.8, 4) is 11.1 Å². The van der Waals surface area contributed by atoms with Crippen molar-refractivity contribution in [1.82, 2.24) is 0 Å². The molecule has 1 aliphatic carbocycles. The van der Waals surface area contributed by atoms with E-state index in [0.29, 0.717) is 11.1 Å². The molecule has 0 saturated heterocycles. The normalized spacial score (nSPS) is 14.0. The Hall–Kier alpha value is -2.53. The highest BCUT2D eigenvalue weighted by Gasteiger charge is 2.49. The molecule has 0 saturated carbocycles. The molecule has 0 aliphatic heterocycles. The summed E-state index contributed by atoms with van der Waals surface area (Å²) in [5.74, 6) is -0.511. The Morgan fingerprint density at radius 3 is 2.09 bits per heavy atom. The SMILES string of the molecule is O=[C]OCC1(C(=O)COF)c2ccccc2-c2ccccc21. The zero-order chi connectivity index (χ0) is 15.6. The summed E-state index contributed by atoms with van der Waals surface area (Å²) < 4.78 is 17.1. The molecule has 4 nitrogen and oxygen atoms in total. The van der Waals surface area contributed by atoms with Crippen LogP contribution in [0, 0.1) is 0 Å². The fourth-order valence-electron chi connectivity index (χ4n) is 3.17. The van der Waals surface area contributed by atoms with Crippen molar-refractivity contribution in [2.75, 3.05) is 13.2 Å². The predicted octanol–water partition coefficient (Wildman–Crippen LogP) is 2.51. The molecule has 3 rings (SSSR count). The van der Waals surface area contributed by atoms with E-state index >= 15 is 0 Å². The summed E-state index contributed by atoms with van der Waals surface area (Å²) in [6.45, 7) is 0.380. The maximum atomic E-state index is 12.6. The largest absolute Gasteiger partial charge is 0.455 e. The molecule has 1 aliphatic rings. The third-order valence-corrected chi connectivity index (χ3v) is 4.07. The molecule has 0 bridgehead atoms. The molecule has 1 radical (unpaired) electrons. The Labute approximate surface area is 126 Å². The zero-order valence-electron chi connectivity index (χ0n) is 11.5. The highest BCUT2D eigenvalue weighted by Crippen LogP contribution is 2.49. The van der Waals surface area contributed by atoms with Crippen molar-refractivity contribution in [3.05, 3.63) is 59.7 Å². The summed E-state index contributed by atoms with van der Waals surface area (Å²) in [5, 5.41) is 0. The van der Waals surface area contributed by atoms with E-state index in [2.05, 4.69) is 4.94 Å². The van der Waals surface area contributed by atoms with Gasteiger partial charge in [0.1, 0.15) is 18.6 Å². The van der Waals surface area contributed by atoms with Gasteiger partial charge >= 0.3 is 6.47 Å². The van der Waals surface area contributed by atoms with E-state index in [4.69, 9.17) is 4.74 Å². The van der Waals surface area contributed by atoms with Crippen LogP contribution in [0.4, 0.5) is 4.53 Å².